The Balaban J connectivity index is 0.000000160. The number of anilines is 4. The molecule has 0 amide bonds. The van der Waals surface area contributed by atoms with Crippen molar-refractivity contribution in [1.82, 2.24) is 4.83 Å². The Morgan fingerprint density at radius 2 is 1.22 bits per heavy atom. The average molecular weight is 965 g/mol. The molecule has 5 N–H and O–H groups in total. The van der Waals surface area contributed by atoms with Crippen LogP contribution < -0.4 is 20.9 Å². The fourth-order valence-electron chi connectivity index (χ4n) is 7.04. The first-order valence-electron chi connectivity index (χ1n) is 21.5. The molecule has 7 aromatic carbocycles. The van der Waals surface area contributed by atoms with Gasteiger partial charge in [-0.2, -0.15) is 18.4 Å². The van der Waals surface area contributed by atoms with E-state index >= 15 is 0 Å². The monoisotopic (exact) mass is 964 g/mol. The second-order valence-corrected chi connectivity index (χ2v) is 19.4. The molecule has 9 rings (SSSR count). The van der Waals surface area contributed by atoms with E-state index in [4.69, 9.17) is 19.5 Å². The largest absolute Gasteiger partial charge is 0.488 e. The third-order valence-electron chi connectivity index (χ3n) is 10.8. The van der Waals surface area contributed by atoms with E-state index in [0.29, 0.717) is 23.4 Å². The Bertz CT molecular complexity index is 3090. The lowest BCUT2D eigenvalue weighted by atomic mass is 9.80. The molecule has 2 aliphatic heterocycles. The molecule has 1 unspecified atom stereocenters. The molecule has 0 aromatic heterocycles. The van der Waals surface area contributed by atoms with Crippen LogP contribution in [0.15, 0.2) is 187 Å². The van der Waals surface area contributed by atoms with Gasteiger partial charge < -0.3 is 30.2 Å². The number of nitrogens with zero attached hydrogens (tertiary/aromatic N) is 1. The van der Waals surface area contributed by atoms with Gasteiger partial charge >= 0.3 is 19.1 Å². The van der Waals surface area contributed by atoms with Crippen LogP contribution in [0.4, 0.5) is 22.7 Å². The number of aryl methyl sites for hydroxylation is 1. The zero-order valence-corrected chi connectivity index (χ0v) is 40.3. The highest BCUT2D eigenvalue weighted by molar-refractivity contribution is 8.00. The highest BCUT2D eigenvalue weighted by atomic mass is 32.2. The minimum atomic E-state index is -3.69. The quantitative estimate of drug-likeness (QED) is 0.0380. The van der Waals surface area contributed by atoms with Crippen molar-refractivity contribution in [2.75, 3.05) is 24.4 Å². The van der Waals surface area contributed by atoms with Crippen molar-refractivity contribution in [2.24, 2.45) is 5.10 Å². The number of ether oxygens (including phenoxy) is 2. The second kappa shape index (κ2) is 22.3. The molecule has 7 aromatic rings. The van der Waals surface area contributed by atoms with E-state index in [1.165, 1.54) is 39.5 Å². The van der Waals surface area contributed by atoms with Crippen LogP contribution in [0.5, 0.6) is 0 Å². The lowest BCUT2D eigenvalue weighted by Gasteiger charge is -2.22. The summed E-state index contributed by atoms with van der Waals surface area (Å²) in [7, 11) is -3.85. The van der Waals surface area contributed by atoms with Crippen LogP contribution in [0.25, 0.3) is 0 Å². The number of nitrogens with one attached hydrogen (secondary N) is 3. The number of carbonyl (C=O) groups excluding carboxylic acids is 2. The molecule has 0 bridgehead atoms. The predicted molar refractivity (Wildman–Crippen MR) is 272 cm³/mol. The lowest BCUT2D eigenvalue weighted by molar-refractivity contribution is 0.0525. The summed E-state index contributed by atoms with van der Waals surface area (Å²) in [5.74, 6) is -0.594. The van der Waals surface area contributed by atoms with Gasteiger partial charge in [0, 0.05) is 25.5 Å². The van der Waals surface area contributed by atoms with E-state index in [9.17, 15) is 18.0 Å². The molecule has 12 nitrogen and oxygen atoms in total. The summed E-state index contributed by atoms with van der Waals surface area (Å²) in [6, 6.07) is 49.3. The van der Waals surface area contributed by atoms with E-state index in [1.54, 1.807) is 79.8 Å². The maximum Gasteiger partial charge on any atom is 0.488 e. The minimum Gasteiger partial charge on any atom is -0.465 e. The van der Waals surface area contributed by atoms with Crippen LogP contribution in [-0.4, -0.2) is 57.0 Å². The molecule has 0 aliphatic carbocycles. The second-order valence-electron chi connectivity index (χ2n) is 15.6. The summed E-state index contributed by atoms with van der Waals surface area (Å²) in [5, 5.41) is 28.8. The molecule has 0 fully saturated rings. The average Bonchev–Trinajstić information content (AvgIpc) is 3.36. The van der Waals surface area contributed by atoms with Crippen LogP contribution >= 0.6 is 23.5 Å². The summed E-state index contributed by atoms with van der Waals surface area (Å²) in [6.07, 6.45) is 0. The summed E-state index contributed by atoms with van der Waals surface area (Å²) in [5.41, 5.74) is 10.2. The Morgan fingerprint density at radius 1 is 0.662 bits per heavy atom. The van der Waals surface area contributed by atoms with Gasteiger partial charge in [0.15, 0.2) is 0 Å². The number of hydrazone groups is 1. The molecule has 68 heavy (non-hydrogen) atoms. The topological polar surface area (TPSA) is 176 Å². The third kappa shape index (κ3) is 12.2. The van der Waals surface area contributed by atoms with Gasteiger partial charge in [-0.1, -0.05) is 109 Å². The summed E-state index contributed by atoms with van der Waals surface area (Å²) in [4.78, 5) is 30.3. The van der Waals surface area contributed by atoms with Crippen molar-refractivity contribution >= 4 is 86.5 Å². The first-order valence-corrected chi connectivity index (χ1v) is 24.6. The summed E-state index contributed by atoms with van der Waals surface area (Å²) < 4.78 is 34.4. The van der Waals surface area contributed by atoms with Crippen molar-refractivity contribution in [1.29, 1.82) is 0 Å². The molecule has 0 saturated carbocycles. The smallest absolute Gasteiger partial charge is 0.465 e. The number of hydrogen-bond acceptors (Lipinski definition) is 13. The zero-order valence-electron chi connectivity index (χ0n) is 37.9. The zero-order chi connectivity index (χ0) is 48.4. The summed E-state index contributed by atoms with van der Waals surface area (Å²) in [6.45, 7) is 7.85. The number of benzene rings is 7. The van der Waals surface area contributed by atoms with E-state index in [2.05, 4.69) is 70.0 Å². The van der Waals surface area contributed by atoms with Crippen LogP contribution in [0.1, 0.15) is 69.7 Å². The van der Waals surface area contributed by atoms with Crippen molar-refractivity contribution in [3.8, 4) is 0 Å². The normalized spacial score (nSPS) is 12.5. The van der Waals surface area contributed by atoms with Gasteiger partial charge in [-0.15, -0.1) is 0 Å². The van der Waals surface area contributed by atoms with E-state index in [1.807, 2.05) is 67.6 Å². The van der Waals surface area contributed by atoms with Crippen LogP contribution in [0.3, 0.4) is 0 Å². The predicted octanol–water partition coefficient (Wildman–Crippen LogP) is 10.3. The molecule has 2 aliphatic rings. The minimum absolute atomic E-state index is 0.175. The number of methoxy groups -OCH3 is 1. The molecular weight excluding hydrogens is 916 g/mol. The number of para-hydroxylation sites is 2. The highest BCUT2D eigenvalue weighted by Crippen LogP contribution is 2.46. The van der Waals surface area contributed by atoms with Crippen molar-refractivity contribution in [2.45, 2.75) is 58.1 Å². The molecule has 346 valence electrons. The Kier molecular flexibility index (Phi) is 16.1. The van der Waals surface area contributed by atoms with Gasteiger partial charge in [0.25, 0.3) is 10.0 Å². The Morgan fingerprint density at radius 3 is 1.84 bits per heavy atom. The fourth-order valence-corrected chi connectivity index (χ4v) is 9.83. The number of rotatable bonds is 10. The van der Waals surface area contributed by atoms with Crippen molar-refractivity contribution in [3.05, 3.63) is 191 Å². The first-order chi connectivity index (χ1) is 32.7. The summed E-state index contributed by atoms with van der Waals surface area (Å²) >= 11 is 3.49. The number of carbonyl (C=O) groups is 2. The van der Waals surface area contributed by atoms with Crippen molar-refractivity contribution in [3.63, 3.8) is 0 Å². The molecular formula is C52H49BN4O8S3. The molecule has 0 radical (unpaired) electrons. The van der Waals surface area contributed by atoms with Crippen LogP contribution in [-0.2, 0) is 19.5 Å². The lowest BCUT2D eigenvalue weighted by Crippen LogP contribution is -2.30. The molecule has 16 heteroatoms. The van der Waals surface area contributed by atoms with Gasteiger partial charge in [-0.25, -0.2) is 9.59 Å². The van der Waals surface area contributed by atoms with Gasteiger partial charge in [-0.3, -0.25) is 0 Å². The number of sulfonamides is 1. The Hall–Kier alpha value is -6.82. The maximum absolute atomic E-state index is 12.4. The van der Waals surface area contributed by atoms with E-state index < -0.39 is 23.1 Å². The van der Waals surface area contributed by atoms with Gasteiger partial charge in [0.2, 0.25) is 0 Å². The molecule has 0 spiro atoms. The molecule has 2 heterocycles. The fraction of sp³-hybridized carbons (Fsp3) is 0.135. The van der Waals surface area contributed by atoms with Gasteiger partial charge in [0.05, 0.1) is 58.2 Å². The standard InChI is InChI=1S/C22H19NO2S.C21H19N3O2S2.C9H11BO4/c1-14(15-6-5-7-17(12-15)22(24)25-2)16-10-11-21-19(13-16)23-18-8-3-4-9-20(18)26-21;1-14-7-10-17(11-8-14)28(25,26)24-23-15(2)16-9-12-21-19(13-16)22-18-5-3-4-6-20(18)27-21;1-2-14-9(11)7-4-3-5-8(6-7)10(12)13/h3-14,23H,1-2H3;3-13,22,24H,1-2H3;3-6,12-13H,2H2,1H3/b;23-15+;. The van der Waals surface area contributed by atoms with Crippen molar-refractivity contribution < 1.29 is 37.5 Å². The number of fused-ring (bicyclic) bond motifs is 4. The van der Waals surface area contributed by atoms with E-state index in [-0.39, 0.29) is 22.2 Å². The first kappa shape index (κ1) is 49.1. The van der Waals surface area contributed by atoms with Gasteiger partial charge in [-0.05, 0) is 128 Å². The SMILES string of the molecule is C/C(=N\NS(=O)(=O)c1ccc(C)cc1)c1ccc2c(c1)Nc1ccccc1S2.CCOC(=O)c1cccc(B(O)O)c1.COC(=O)c1cccc(C(C)c2ccc3c(c2)Nc2ccccc2S3)c1. The van der Waals surface area contributed by atoms with Crippen LogP contribution in [0.2, 0.25) is 0 Å². The number of esters is 2. The highest BCUT2D eigenvalue weighted by Gasteiger charge is 2.20. The number of hydrogen-bond donors (Lipinski definition) is 5. The van der Waals surface area contributed by atoms with E-state index in [0.717, 1.165) is 44.3 Å². The maximum atomic E-state index is 12.4. The molecule has 1 atom stereocenters. The van der Waals surface area contributed by atoms with Crippen LogP contribution in [0, 0.1) is 6.92 Å². The van der Waals surface area contributed by atoms with Gasteiger partial charge in [0.1, 0.15) is 0 Å². The molecule has 0 saturated heterocycles. The Labute approximate surface area is 405 Å². The third-order valence-corrected chi connectivity index (χ3v) is 14.4.